The van der Waals surface area contributed by atoms with Gasteiger partial charge in [-0.25, -0.2) is 9.97 Å². The molecule has 0 bridgehead atoms. The highest BCUT2D eigenvalue weighted by atomic mass is 16.1. The minimum absolute atomic E-state index is 0.0796. The highest BCUT2D eigenvalue weighted by Gasteiger charge is 2.12. The van der Waals surface area contributed by atoms with Crippen LogP contribution in [0.4, 0.5) is 0 Å². The number of nitrogens with zero attached hydrogens (tertiary/aromatic N) is 3. The van der Waals surface area contributed by atoms with Crippen LogP contribution >= 0.6 is 0 Å². The van der Waals surface area contributed by atoms with Gasteiger partial charge in [-0.3, -0.25) is 9.89 Å². The Morgan fingerprint density at radius 3 is 2.76 bits per heavy atom. The van der Waals surface area contributed by atoms with Crippen LogP contribution in [-0.2, 0) is 6.42 Å². The lowest BCUT2D eigenvalue weighted by atomic mass is 10.0. The maximum absolute atomic E-state index is 12.3. The molecule has 3 heterocycles. The molecule has 5 aromatic rings. The Morgan fingerprint density at radius 1 is 1.03 bits per heavy atom. The standard InChI is InChI=1S/C26H24N6O/c1-16(2)30-26(33)24-12-19-6-7-20(13-23(19)32-24)25-27-9-8-22(31-25)11-17-4-3-5-18(10-17)21-14-28-29-15-21/h3-10,12-16,32H,11H2,1-2H3,(H,28,29)(H,30,33). The first-order chi connectivity index (χ1) is 16.0. The molecule has 7 nitrogen and oxygen atoms in total. The maximum Gasteiger partial charge on any atom is 0.267 e. The molecule has 7 heteroatoms. The second-order valence-corrected chi connectivity index (χ2v) is 8.35. The van der Waals surface area contributed by atoms with Crippen molar-refractivity contribution in [3.63, 3.8) is 0 Å². The van der Waals surface area contributed by atoms with E-state index in [9.17, 15) is 4.79 Å². The van der Waals surface area contributed by atoms with Gasteiger partial charge in [0.1, 0.15) is 5.69 Å². The highest BCUT2D eigenvalue weighted by Crippen LogP contribution is 2.24. The van der Waals surface area contributed by atoms with Crippen LogP contribution in [-0.4, -0.2) is 37.1 Å². The normalized spacial score (nSPS) is 11.2. The van der Waals surface area contributed by atoms with E-state index >= 15 is 0 Å². The predicted molar refractivity (Wildman–Crippen MR) is 129 cm³/mol. The summed E-state index contributed by atoms with van der Waals surface area (Å²) in [4.78, 5) is 24.8. The summed E-state index contributed by atoms with van der Waals surface area (Å²) in [6, 6.07) is 18.2. The van der Waals surface area contributed by atoms with Crippen LogP contribution in [0, 0.1) is 0 Å². The third kappa shape index (κ3) is 4.52. The van der Waals surface area contributed by atoms with Crippen molar-refractivity contribution in [3.05, 3.63) is 90.1 Å². The van der Waals surface area contributed by atoms with Gasteiger partial charge in [-0.1, -0.05) is 36.4 Å². The summed E-state index contributed by atoms with van der Waals surface area (Å²) in [5, 5.41) is 10.8. The molecule has 0 spiro atoms. The number of carbonyl (C=O) groups is 1. The maximum atomic E-state index is 12.3. The van der Waals surface area contributed by atoms with Crippen LogP contribution in [0.2, 0.25) is 0 Å². The van der Waals surface area contributed by atoms with E-state index in [-0.39, 0.29) is 11.9 Å². The minimum atomic E-state index is -0.112. The molecule has 164 valence electrons. The van der Waals surface area contributed by atoms with Crippen molar-refractivity contribution in [3.8, 4) is 22.5 Å². The Kier molecular flexibility index (Phi) is 5.44. The SMILES string of the molecule is CC(C)NC(=O)c1cc2ccc(-c3nccc(Cc4cccc(-c5cn[nH]c5)c4)n3)cc2[nH]1. The largest absolute Gasteiger partial charge is 0.351 e. The van der Waals surface area contributed by atoms with E-state index in [1.807, 2.05) is 62.6 Å². The van der Waals surface area contributed by atoms with Crippen molar-refractivity contribution in [1.29, 1.82) is 0 Å². The highest BCUT2D eigenvalue weighted by molar-refractivity contribution is 5.98. The van der Waals surface area contributed by atoms with E-state index in [4.69, 9.17) is 4.98 Å². The molecule has 0 aliphatic heterocycles. The molecule has 0 atom stereocenters. The Morgan fingerprint density at radius 2 is 1.94 bits per heavy atom. The second kappa shape index (κ2) is 8.70. The van der Waals surface area contributed by atoms with E-state index in [0.717, 1.165) is 33.3 Å². The van der Waals surface area contributed by atoms with E-state index in [1.54, 1.807) is 6.20 Å². The Balaban J connectivity index is 1.40. The van der Waals surface area contributed by atoms with Gasteiger partial charge in [0.25, 0.3) is 5.91 Å². The van der Waals surface area contributed by atoms with Crippen molar-refractivity contribution in [2.24, 2.45) is 0 Å². The molecule has 0 radical (unpaired) electrons. The van der Waals surface area contributed by atoms with Crippen LogP contribution in [0.15, 0.2) is 73.2 Å². The van der Waals surface area contributed by atoms with Gasteiger partial charge in [0.05, 0.1) is 6.20 Å². The molecule has 0 aliphatic rings. The number of aromatic nitrogens is 5. The molecule has 0 unspecified atom stereocenters. The molecule has 3 aromatic heterocycles. The number of hydrogen-bond acceptors (Lipinski definition) is 4. The smallest absolute Gasteiger partial charge is 0.267 e. The van der Waals surface area contributed by atoms with Crippen LogP contribution in [0.3, 0.4) is 0 Å². The molecular formula is C26H24N6O. The number of H-pyrrole nitrogens is 2. The number of carbonyl (C=O) groups excluding carboxylic acids is 1. The van der Waals surface area contributed by atoms with Gasteiger partial charge in [-0.15, -0.1) is 0 Å². The average molecular weight is 437 g/mol. The number of hydrogen-bond donors (Lipinski definition) is 3. The number of aromatic amines is 2. The topological polar surface area (TPSA) is 99.3 Å². The molecule has 3 N–H and O–H groups in total. The Labute approximate surface area is 191 Å². The molecule has 0 saturated carbocycles. The van der Waals surface area contributed by atoms with Gasteiger partial charge in [0, 0.05) is 52.6 Å². The monoisotopic (exact) mass is 436 g/mol. The first kappa shape index (κ1) is 20.6. The zero-order valence-electron chi connectivity index (χ0n) is 18.5. The number of fused-ring (bicyclic) bond motifs is 1. The van der Waals surface area contributed by atoms with E-state index in [2.05, 4.69) is 43.7 Å². The van der Waals surface area contributed by atoms with Crippen molar-refractivity contribution in [2.75, 3.05) is 0 Å². The summed E-state index contributed by atoms with van der Waals surface area (Å²) in [7, 11) is 0. The Bertz CT molecular complexity index is 1420. The zero-order chi connectivity index (χ0) is 22.8. The summed E-state index contributed by atoms with van der Waals surface area (Å²) in [6.45, 7) is 3.88. The quantitative estimate of drug-likeness (QED) is 0.358. The van der Waals surface area contributed by atoms with Crippen molar-refractivity contribution >= 4 is 16.8 Å². The lowest BCUT2D eigenvalue weighted by Crippen LogP contribution is -2.30. The summed E-state index contributed by atoms with van der Waals surface area (Å²) in [5.41, 5.74) is 6.60. The third-order valence-corrected chi connectivity index (χ3v) is 5.40. The minimum Gasteiger partial charge on any atom is -0.351 e. The van der Waals surface area contributed by atoms with Crippen LogP contribution in [0.5, 0.6) is 0 Å². The lowest BCUT2D eigenvalue weighted by molar-refractivity contribution is 0.0939. The molecule has 0 aliphatic carbocycles. The van der Waals surface area contributed by atoms with Crippen LogP contribution < -0.4 is 5.32 Å². The number of nitrogens with one attached hydrogen (secondary N) is 3. The van der Waals surface area contributed by atoms with Crippen LogP contribution in [0.25, 0.3) is 33.4 Å². The number of amides is 1. The first-order valence-corrected chi connectivity index (χ1v) is 10.9. The Hall–Kier alpha value is -4.26. The molecule has 33 heavy (non-hydrogen) atoms. The van der Waals surface area contributed by atoms with Gasteiger partial charge < -0.3 is 10.3 Å². The third-order valence-electron chi connectivity index (χ3n) is 5.40. The average Bonchev–Trinajstić information content (AvgIpc) is 3.49. The molecule has 1 amide bonds. The second-order valence-electron chi connectivity index (χ2n) is 8.35. The molecular weight excluding hydrogens is 412 g/mol. The molecule has 5 rings (SSSR count). The van der Waals surface area contributed by atoms with E-state index < -0.39 is 0 Å². The van der Waals surface area contributed by atoms with E-state index in [1.165, 1.54) is 5.56 Å². The predicted octanol–water partition coefficient (Wildman–Crippen LogP) is 4.74. The first-order valence-electron chi connectivity index (χ1n) is 10.9. The van der Waals surface area contributed by atoms with Crippen molar-refractivity contribution < 1.29 is 4.79 Å². The lowest BCUT2D eigenvalue weighted by Gasteiger charge is -2.06. The van der Waals surface area contributed by atoms with Gasteiger partial charge in [0.15, 0.2) is 5.82 Å². The fourth-order valence-electron chi connectivity index (χ4n) is 3.84. The summed E-state index contributed by atoms with van der Waals surface area (Å²) < 4.78 is 0. The van der Waals surface area contributed by atoms with Crippen LogP contribution in [0.1, 0.15) is 35.6 Å². The van der Waals surface area contributed by atoms with Gasteiger partial charge >= 0.3 is 0 Å². The van der Waals surface area contributed by atoms with Gasteiger partial charge in [0.2, 0.25) is 0 Å². The zero-order valence-corrected chi connectivity index (χ0v) is 18.5. The summed E-state index contributed by atoms with van der Waals surface area (Å²) in [5.74, 6) is 0.543. The fourth-order valence-corrected chi connectivity index (χ4v) is 3.84. The van der Waals surface area contributed by atoms with Gasteiger partial charge in [-0.05, 0) is 43.2 Å². The van der Waals surface area contributed by atoms with Crippen molar-refractivity contribution in [1.82, 2.24) is 30.5 Å². The van der Waals surface area contributed by atoms with Crippen molar-refractivity contribution in [2.45, 2.75) is 26.3 Å². The van der Waals surface area contributed by atoms with Gasteiger partial charge in [-0.2, -0.15) is 5.10 Å². The fraction of sp³-hybridized carbons (Fsp3) is 0.154. The summed E-state index contributed by atoms with van der Waals surface area (Å²) >= 11 is 0. The molecule has 0 saturated heterocycles. The molecule has 2 aromatic carbocycles. The van der Waals surface area contributed by atoms with E-state index in [0.29, 0.717) is 17.9 Å². The number of benzene rings is 2. The number of rotatable bonds is 6. The molecule has 0 fully saturated rings. The summed E-state index contributed by atoms with van der Waals surface area (Å²) in [6.07, 6.45) is 6.19.